The zero-order valence-corrected chi connectivity index (χ0v) is 13.0. The summed E-state index contributed by atoms with van der Waals surface area (Å²) < 4.78 is 0. The molecule has 2 aromatic carbocycles. The Kier molecular flexibility index (Phi) is 5.65. The number of nitrogens with zero attached hydrogens (tertiary/aromatic N) is 1. The Hall–Kier alpha value is -2.93. The van der Waals surface area contributed by atoms with E-state index in [1.54, 1.807) is 12.1 Å². The van der Waals surface area contributed by atoms with Crippen molar-refractivity contribution in [3.63, 3.8) is 0 Å². The van der Waals surface area contributed by atoms with Gasteiger partial charge in [-0.2, -0.15) is 5.26 Å². The van der Waals surface area contributed by atoms with E-state index in [9.17, 15) is 9.59 Å². The number of ketones is 1. The second-order valence-electron chi connectivity index (χ2n) is 5.37. The largest absolute Gasteiger partial charge is 0.325 e. The maximum atomic E-state index is 12.2. The fraction of sp³-hybridized carbons (Fsp3) is 0.211. The molecule has 4 nitrogen and oxygen atoms in total. The minimum Gasteiger partial charge on any atom is -0.325 e. The topological polar surface area (TPSA) is 70.0 Å². The highest BCUT2D eigenvalue weighted by Gasteiger charge is 2.25. The van der Waals surface area contributed by atoms with Crippen molar-refractivity contribution in [3.8, 4) is 6.07 Å². The summed E-state index contributed by atoms with van der Waals surface area (Å²) in [4.78, 5) is 24.3. The number of benzene rings is 2. The quantitative estimate of drug-likeness (QED) is 0.833. The number of carbonyl (C=O) groups excluding carboxylic acids is 2. The van der Waals surface area contributed by atoms with E-state index in [2.05, 4.69) is 5.32 Å². The highest BCUT2D eigenvalue weighted by molar-refractivity contribution is 6.09. The Balaban J connectivity index is 1.96. The third-order valence-corrected chi connectivity index (χ3v) is 3.50. The van der Waals surface area contributed by atoms with Crippen molar-refractivity contribution in [2.45, 2.75) is 19.8 Å². The van der Waals surface area contributed by atoms with Crippen LogP contribution in [-0.2, 0) is 16.0 Å². The van der Waals surface area contributed by atoms with Crippen LogP contribution < -0.4 is 5.32 Å². The number of rotatable bonds is 6. The first-order valence-corrected chi connectivity index (χ1v) is 7.44. The first-order chi connectivity index (χ1) is 11.1. The maximum Gasteiger partial charge on any atom is 0.249 e. The van der Waals surface area contributed by atoms with E-state index < -0.39 is 11.8 Å². The number of aryl methyl sites for hydroxylation is 2. The molecule has 0 spiro atoms. The lowest BCUT2D eigenvalue weighted by Gasteiger charge is -2.10. The number of hydrogen-bond acceptors (Lipinski definition) is 3. The summed E-state index contributed by atoms with van der Waals surface area (Å²) in [5.41, 5.74) is 2.59. The average Bonchev–Trinajstić information content (AvgIpc) is 2.54. The molecule has 2 rings (SSSR count). The molecule has 1 N–H and O–H groups in total. The van der Waals surface area contributed by atoms with Crippen molar-refractivity contribution in [1.82, 2.24) is 0 Å². The molecule has 2 aromatic rings. The summed E-state index contributed by atoms with van der Waals surface area (Å²) in [7, 11) is 0. The molecule has 0 aromatic heterocycles. The van der Waals surface area contributed by atoms with Gasteiger partial charge in [-0.1, -0.05) is 42.5 Å². The first-order valence-electron chi connectivity index (χ1n) is 7.44. The molecule has 0 unspecified atom stereocenters. The molecule has 23 heavy (non-hydrogen) atoms. The zero-order chi connectivity index (χ0) is 16.7. The molecule has 0 fully saturated rings. The summed E-state index contributed by atoms with van der Waals surface area (Å²) in [5, 5.41) is 11.8. The van der Waals surface area contributed by atoms with Crippen LogP contribution in [0, 0.1) is 24.2 Å². The Morgan fingerprint density at radius 1 is 1.13 bits per heavy atom. The van der Waals surface area contributed by atoms with Crippen LogP contribution >= 0.6 is 0 Å². The minimum atomic E-state index is -1.28. The van der Waals surface area contributed by atoms with E-state index in [1.165, 1.54) is 0 Å². The van der Waals surface area contributed by atoms with Gasteiger partial charge in [0, 0.05) is 12.1 Å². The van der Waals surface area contributed by atoms with Crippen LogP contribution in [0.3, 0.4) is 0 Å². The van der Waals surface area contributed by atoms with Gasteiger partial charge in [0.25, 0.3) is 0 Å². The summed E-state index contributed by atoms with van der Waals surface area (Å²) >= 11 is 0. The molecule has 1 atom stereocenters. The molecule has 1 amide bonds. The molecule has 116 valence electrons. The molecule has 0 saturated carbocycles. The lowest BCUT2D eigenvalue weighted by Crippen LogP contribution is -2.28. The molecule has 0 aliphatic rings. The van der Waals surface area contributed by atoms with Gasteiger partial charge in [-0.05, 0) is 36.6 Å². The van der Waals surface area contributed by atoms with Gasteiger partial charge < -0.3 is 5.32 Å². The van der Waals surface area contributed by atoms with Crippen molar-refractivity contribution in [1.29, 1.82) is 5.26 Å². The SMILES string of the molecule is Cc1cccc(NC(=O)[C@H](C#N)C(=O)CCc2ccccc2)c1. The second-order valence-corrected chi connectivity index (χ2v) is 5.37. The van der Waals surface area contributed by atoms with E-state index in [0.717, 1.165) is 11.1 Å². The van der Waals surface area contributed by atoms with Crippen molar-refractivity contribution >= 4 is 17.4 Å². The van der Waals surface area contributed by atoms with E-state index in [0.29, 0.717) is 12.1 Å². The van der Waals surface area contributed by atoms with Crippen molar-refractivity contribution < 1.29 is 9.59 Å². The third-order valence-electron chi connectivity index (χ3n) is 3.50. The molecule has 0 radical (unpaired) electrons. The Bertz CT molecular complexity index is 733. The van der Waals surface area contributed by atoms with E-state index in [1.807, 2.05) is 55.5 Å². The predicted molar refractivity (Wildman–Crippen MR) is 88.7 cm³/mol. The lowest BCUT2D eigenvalue weighted by molar-refractivity contribution is -0.128. The smallest absolute Gasteiger partial charge is 0.249 e. The van der Waals surface area contributed by atoms with E-state index in [4.69, 9.17) is 5.26 Å². The number of carbonyl (C=O) groups is 2. The van der Waals surface area contributed by atoms with Crippen molar-refractivity contribution in [2.75, 3.05) is 5.32 Å². The fourth-order valence-electron chi connectivity index (χ4n) is 2.27. The van der Waals surface area contributed by atoms with Gasteiger partial charge in [-0.3, -0.25) is 9.59 Å². The third kappa shape index (κ3) is 4.79. The number of hydrogen-bond donors (Lipinski definition) is 1. The number of nitriles is 1. The van der Waals surface area contributed by atoms with Crippen molar-refractivity contribution in [3.05, 3.63) is 65.7 Å². The van der Waals surface area contributed by atoms with Gasteiger partial charge in [0.05, 0.1) is 6.07 Å². The highest BCUT2D eigenvalue weighted by atomic mass is 16.2. The van der Waals surface area contributed by atoms with E-state index in [-0.39, 0.29) is 12.2 Å². The summed E-state index contributed by atoms with van der Waals surface area (Å²) in [6.07, 6.45) is 0.694. The lowest BCUT2D eigenvalue weighted by atomic mass is 9.98. The summed E-state index contributed by atoms with van der Waals surface area (Å²) in [5.74, 6) is -2.21. The Morgan fingerprint density at radius 2 is 1.87 bits per heavy atom. The summed E-state index contributed by atoms with van der Waals surface area (Å²) in [6.45, 7) is 1.91. The molecule has 4 heteroatoms. The fourth-order valence-corrected chi connectivity index (χ4v) is 2.27. The number of nitrogens with one attached hydrogen (secondary N) is 1. The predicted octanol–water partition coefficient (Wildman–Crippen LogP) is 3.28. The van der Waals surface area contributed by atoms with Crippen LogP contribution in [-0.4, -0.2) is 11.7 Å². The molecule has 0 heterocycles. The molecular weight excluding hydrogens is 288 g/mol. The standard InChI is InChI=1S/C19H18N2O2/c1-14-6-5-9-16(12-14)21-19(23)17(13-20)18(22)11-10-15-7-3-2-4-8-15/h2-9,12,17H,10-11H2,1H3,(H,21,23)/t17-/m1/s1. The van der Waals surface area contributed by atoms with Gasteiger partial charge in [0.15, 0.2) is 11.7 Å². The van der Waals surface area contributed by atoms with Crippen LogP contribution in [0.2, 0.25) is 0 Å². The molecule has 0 saturated heterocycles. The maximum absolute atomic E-state index is 12.2. The molecular formula is C19H18N2O2. The Morgan fingerprint density at radius 3 is 2.52 bits per heavy atom. The Labute approximate surface area is 135 Å². The number of Topliss-reactive ketones (excluding diaryl/α,β-unsaturated/α-hetero) is 1. The van der Waals surface area contributed by atoms with Gasteiger partial charge in [-0.15, -0.1) is 0 Å². The summed E-state index contributed by atoms with van der Waals surface area (Å²) in [6, 6.07) is 18.6. The van der Waals surface area contributed by atoms with Gasteiger partial charge in [0.2, 0.25) is 5.91 Å². The van der Waals surface area contributed by atoms with Crippen LogP contribution in [0.5, 0.6) is 0 Å². The van der Waals surface area contributed by atoms with Gasteiger partial charge in [0.1, 0.15) is 0 Å². The zero-order valence-electron chi connectivity index (χ0n) is 13.0. The normalized spacial score (nSPS) is 11.3. The first kappa shape index (κ1) is 16.4. The second kappa shape index (κ2) is 7.90. The number of amides is 1. The molecule has 0 bridgehead atoms. The van der Waals surface area contributed by atoms with Crippen LogP contribution in [0.1, 0.15) is 17.5 Å². The van der Waals surface area contributed by atoms with E-state index >= 15 is 0 Å². The van der Waals surface area contributed by atoms with Crippen LogP contribution in [0.4, 0.5) is 5.69 Å². The van der Waals surface area contributed by atoms with Gasteiger partial charge in [-0.25, -0.2) is 0 Å². The minimum absolute atomic E-state index is 0.170. The monoisotopic (exact) mass is 306 g/mol. The molecule has 0 aliphatic heterocycles. The molecule has 0 aliphatic carbocycles. The van der Waals surface area contributed by atoms with Crippen LogP contribution in [0.25, 0.3) is 0 Å². The highest BCUT2D eigenvalue weighted by Crippen LogP contribution is 2.13. The average molecular weight is 306 g/mol. The number of anilines is 1. The van der Waals surface area contributed by atoms with Crippen LogP contribution in [0.15, 0.2) is 54.6 Å². The van der Waals surface area contributed by atoms with Crippen molar-refractivity contribution in [2.24, 2.45) is 5.92 Å². The van der Waals surface area contributed by atoms with Gasteiger partial charge >= 0.3 is 0 Å².